The SMILES string of the molecule is CCC(C)C(NC(=O)CN1CCCC1)C(=O)O. The van der Waals surface area contributed by atoms with Gasteiger partial charge >= 0.3 is 5.97 Å². The van der Waals surface area contributed by atoms with Crippen LogP contribution in [-0.2, 0) is 9.59 Å². The third kappa shape index (κ3) is 4.34. The molecule has 5 heteroatoms. The van der Waals surface area contributed by atoms with Gasteiger partial charge in [-0.05, 0) is 31.8 Å². The maximum absolute atomic E-state index is 11.7. The monoisotopic (exact) mass is 242 g/mol. The molecule has 1 saturated heterocycles. The molecule has 0 aromatic carbocycles. The van der Waals surface area contributed by atoms with Crippen LogP contribution in [0.2, 0.25) is 0 Å². The molecule has 0 aliphatic carbocycles. The van der Waals surface area contributed by atoms with E-state index in [0.717, 1.165) is 32.4 Å². The van der Waals surface area contributed by atoms with E-state index in [1.54, 1.807) is 0 Å². The molecule has 1 rings (SSSR count). The second-order valence-corrected chi connectivity index (χ2v) is 4.75. The molecular weight excluding hydrogens is 220 g/mol. The number of hydrogen-bond donors (Lipinski definition) is 2. The summed E-state index contributed by atoms with van der Waals surface area (Å²) in [6.07, 6.45) is 2.99. The molecule has 2 unspecified atom stereocenters. The molecule has 1 amide bonds. The lowest BCUT2D eigenvalue weighted by Crippen LogP contribution is -2.48. The molecule has 2 N–H and O–H groups in total. The zero-order valence-corrected chi connectivity index (χ0v) is 10.6. The average molecular weight is 242 g/mol. The predicted molar refractivity (Wildman–Crippen MR) is 64.7 cm³/mol. The average Bonchev–Trinajstić information content (AvgIpc) is 2.77. The van der Waals surface area contributed by atoms with Crippen molar-refractivity contribution in [3.63, 3.8) is 0 Å². The van der Waals surface area contributed by atoms with Crippen LogP contribution in [0, 0.1) is 5.92 Å². The number of nitrogens with zero attached hydrogens (tertiary/aromatic N) is 1. The standard InChI is InChI=1S/C12H22N2O3/c1-3-9(2)11(12(16)17)13-10(15)8-14-6-4-5-7-14/h9,11H,3-8H2,1-2H3,(H,13,15)(H,16,17). The van der Waals surface area contributed by atoms with Crippen LogP contribution in [-0.4, -0.2) is 47.6 Å². The normalized spacial score (nSPS) is 19.9. The molecule has 2 atom stereocenters. The second kappa shape index (κ2) is 6.59. The van der Waals surface area contributed by atoms with Crippen molar-refractivity contribution in [3.8, 4) is 0 Å². The molecule has 1 aliphatic rings. The van der Waals surface area contributed by atoms with Crippen molar-refractivity contribution in [1.82, 2.24) is 10.2 Å². The summed E-state index contributed by atoms with van der Waals surface area (Å²) in [7, 11) is 0. The molecule has 0 aromatic rings. The number of carboxylic acids is 1. The molecular formula is C12H22N2O3. The summed E-state index contributed by atoms with van der Waals surface area (Å²) in [6.45, 7) is 5.96. The number of likely N-dealkylation sites (tertiary alicyclic amines) is 1. The highest BCUT2D eigenvalue weighted by atomic mass is 16.4. The maximum atomic E-state index is 11.7. The van der Waals surface area contributed by atoms with Gasteiger partial charge in [0.1, 0.15) is 6.04 Å². The minimum atomic E-state index is -0.950. The zero-order chi connectivity index (χ0) is 12.8. The lowest BCUT2D eigenvalue weighted by molar-refractivity contribution is -0.143. The Morgan fingerprint density at radius 3 is 2.41 bits per heavy atom. The highest BCUT2D eigenvalue weighted by molar-refractivity contribution is 5.84. The lowest BCUT2D eigenvalue weighted by Gasteiger charge is -2.22. The van der Waals surface area contributed by atoms with Gasteiger partial charge in [-0.3, -0.25) is 9.69 Å². The number of amides is 1. The van der Waals surface area contributed by atoms with Crippen LogP contribution >= 0.6 is 0 Å². The molecule has 98 valence electrons. The Kier molecular flexibility index (Phi) is 5.41. The predicted octanol–water partition coefficient (Wildman–Crippen LogP) is 0.698. The number of carboxylic acid groups (broad SMARTS) is 1. The van der Waals surface area contributed by atoms with Gasteiger partial charge in [0.25, 0.3) is 0 Å². The van der Waals surface area contributed by atoms with E-state index in [9.17, 15) is 9.59 Å². The van der Waals surface area contributed by atoms with Crippen molar-refractivity contribution in [2.24, 2.45) is 5.92 Å². The fourth-order valence-electron chi connectivity index (χ4n) is 2.05. The minimum Gasteiger partial charge on any atom is -0.480 e. The van der Waals surface area contributed by atoms with Crippen LogP contribution in [0.1, 0.15) is 33.1 Å². The van der Waals surface area contributed by atoms with Crippen molar-refractivity contribution in [2.75, 3.05) is 19.6 Å². The van der Waals surface area contributed by atoms with E-state index >= 15 is 0 Å². The Balaban J connectivity index is 2.43. The van der Waals surface area contributed by atoms with Gasteiger partial charge in [-0.25, -0.2) is 4.79 Å². The Hall–Kier alpha value is -1.10. The number of nitrogens with one attached hydrogen (secondary N) is 1. The molecule has 1 aliphatic heterocycles. The summed E-state index contributed by atoms with van der Waals surface area (Å²) >= 11 is 0. The largest absolute Gasteiger partial charge is 0.480 e. The molecule has 17 heavy (non-hydrogen) atoms. The van der Waals surface area contributed by atoms with E-state index in [2.05, 4.69) is 10.2 Å². The Labute approximate surface area is 102 Å². The van der Waals surface area contributed by atoms with Gasteiger partial charge in [0.15, 0.2) is 0 Å². The van der Waals surface area contributed by atoms with Crippen LogP contribution in [0.4, 0.5) is 0 Å². The quantitative estimate of drug-likeness (QED) is 0.719. The first-order valence-electron chi connectivity index (χ1n) is 6.29. The Morgan fingerprint density at radius 1 is 1.35 bits per heavy atom. The highest BCUT2D eigenvalue weighted by Crippen LogP contribution is 2.09. The summed E-state index contributed by atoms with van der Waals surface area (Å²) in [4.78, 5) is 24.8. The van der Waals surface area contributed by atoms with Gasteiger partial charge in [0.2, 0.25) is 5.91 Å². The van der Waals surface area contributed by atoms with Crippen LogP contribution in [0.15, 0.2) is 0 Å². The van der Waals surface area contributed by atoms with Crippen LogP contribution in [0.3, 0.4) is 0 Å². The summed E-state index contributed by atoms with van der Waals surface area (Å²) in [6, 6.07) is -0.768. The smallest absolute Gasteiger partial charge is 0.326 e. The number of aliphatic carboxylic acids is 1. The van der Waals surface area contributed by atoms with Crippen molar-refractivity contribution >= 4 is 11.9 Å². The Bertz CT molecular complexity index is 275. The molecule has 0 spiro atoms. The third-order valence-electron chi connectivity index (χ3n) is 3.36. The van der Waals surface area contributed by atoms with Crippen LogP contribution in [0.25, 0.3) is 0 Å². The van der Waals surface area contributed by atoms with E-state index in [1.165, 1.54) is 0 Å². The molecule has 1 heterocycles. The van der Waals surface area contributed by atoms with E-state index in [-0.39, 0.29) is 11.8 Å². The summed E-state index contributed by atoms with van der Waals surface area (Å²) in [5.74, 6) is -1.18. The zero-order valence-electron chi connectivity index (χ0n) is 10.6. The summed E-state index contributed by atoms with van der Waals surface area (Å²) < 4.78 is 0. The molecule has 0 saturated carbocycles. The topological polar surface area (TPSA) is 69.6 Å². The van der Waals surface area contributed by atoms with Gasteiger partial charge in [0.05, 0.1) is 6.54 Å². The molecule has 1 fully saturated rings. The molecule has 0 aromatic heterocycles. The van der Waals surface area contributed by atoms with E-state index < -0.39 is 12.0 Å². The van der Waals surface area contributed by atoms with Gasteiger partial charge in [-0.2, -0.15) is 0 Å². The third-order valence-corrected chi connectivity index (χ3v) is 3.36. The first kappa shape index (κ1) is 14.0. The fraction of sp³-hybridized carbons (Fsp3) is 0.833. The number of carbonyl (C=O) groups is 2. The van der Waals surface area contributed by atoms with Crippen LogP contribution < -0.4 is 5.32 Å². The fourth-order valence-corrected chi connectivity index (χ4v) is 2.05. The molecule has 0 radical (unpaired) electrons. The van der Waals surface area contributed by atoms with Crippen molar-refractivity contribution in [1.29, 1.82) is 0 Å². The number of carbonyl (C=O) groups excluding carboxylic acids is 1. The van der Waals surface area contributed by atoms with Gasteiger partial charge < -0.3 is 10.4 Å². The summed E-state index contributed by atoms with van der Waals surface area (Å²) in [5, 5.41) is 11.7. The van der Waals surface area contributed by atoms with E-state index in [4.69, 9.17) is 5.11 Å². The number of rotatable bonds is 6. The maximum Gasteiger partial charge on any atom is 0.326 e. The second-order valence-electron chi connectivity index (χ2n) is 4.75. The van der Waals surface area contributed by atoms with E-state index in [0.29, 0.717) is 6.54 Å². The van der Waals surface area contributed by atoms with Gasteiger partial charge in [-0.1, -0.05) is 20.3 Å². The number of hydrogen-bond acceptors (Lipinski definition) is 3. The molecule has 0 bridgehead atoms. The van der Waals surface area contributed by atoms with Crippen molar-refractivity contribution < 1.29 is 14.7 Å². The van der Waals surface area contributed by atoms with E-state index in [1.807, 2.05) is 13.8 Å². The van der Waals surface area contributed by atoms with Crippen LogP contribution in [0.5, 0.6) is 0 Å². The van der Waals surface area contributed by atoms with Crippen molar-refractivity contribution in [3.05, 3.63) is 0 Å². The molecule has 5 nitrogen and oxygen atoms in total. The van der Waals surface area contributed by atoms with Gasteiger partial charge in [-0.15, -0.1) is 0 Å². The highest BCUT2D eigenvalue weighted by Gasteiger charge is 2.26. The summed E-state index contributed by atoms with van der Waals surface area (Å²) in [5.41, 5.74) is 0. The lowest BCUT2D eigenvalue weighted by atomic mass is 9.99. The first-order valence-corrected chi connectivity index (χ1v) is 6.29. The first-order chi connectivity index (χ1) is 8.04. The van der Waals surface area contributed by atoms with Gasteiger partial charge in [0, 0.05) is 0 Å². The minimum absolute atomic E-state index is 0.0463. The van der Waals surface area contributed by atoms with Crippen molar-refractivity contribution in [2.45, 2.75) is 39.2 Å². The Morgan fingerprint density at radius 2 is 1.94 bits per heavy atom.